The summed E-state index contributed by atoms with van der Waals surface area (Å²) in [5.41, 5.74) is 7.92. The van der Waals surface area contributed by atoms with E-state index in [0.717, 1.165) is 5.56 Å². The van der Waals surface area contributed by atoms with Crippen LogP contribution in [0.4, 0.5) is 11.4 Å². The van der Waals surface area contributed by atoms with Crippen molar-refractivity contribution in [3.63, 3.8) is 0 Å². The molecule has 4 nitrogen and oxygen atoms in total. The molecule has 2 aromatic rings. The van der Waals surface area contributed by atoms with E-state index in [9.17, 15) is 8.42 Å². The molecule has 0 fully saturated rings. The van der Waals surface area contributed by atoms with E-state index in [0.29, 0.717) is 16.3 Å². The number of hydrogen-bond donors (Lipinski definition) is 2. The average Bonchev–Trinajstić information content (AvgIpc) is 2.39. The highest BCUT2D eigenvalue weighted by Crippen LogP contribution is 2.30. The molecule has 0 bridgehead atoms. The van der Waals surface area contributed by atoms with Crippen molar-refractivity contribution < 1.29 is 8.42 Å². The molecule has 0 aliphatic heterocycles. The van der Waals surface area contributed by atoms with Gasteiger partial charge in [-0.1, -0.05) is 23.2 Å². The normalized spacial score (nSPS) is 11.4. The highest BCUT2D eigenvalue weighted by atomic mass is 35.5. The molecule has 7 heteroatoms. The fourth-order valence-electron chi connectivity index (χ4n) is 1.74. The molecule has 0 atom stereocenters. The van der Waals surface area contributed by atoms with E-state index in [1.165, 1.54) is 18.2 Å². The Bertz CT molecular complexity index is 805. The molecule has 0 amide bonds. The van der Waals surface area contributed by atoms with Crippen LogP contribution in [0.5, 0.6) is 0 Å². The molecule has 0 aromatic heterocycles. The highest BCUT2D eigenvalue weighted by molar-refractivity contribution is 7.92. The van der Waals surface area contributed by atoms with E-state index in [1.54, 1.807) is 26.0 Å². The van der Waals surface area contributed by atoms with E-state index in [1.807, 2.05) is 0 Å². The Morgan fingerprint density at radius 3 is 2.29 bits per heavy atom. The van der Waals surface area contributed by atoms with Crippen LogP contribution >= 0.6 is 23.2 Å². The third-order valence-corrected chi connectivity index (χ3v) is 5.13. The quantitative estimate of drug-likeness (QED) is 0.826. The van der Waals surface area contributed by atoms with Gasteiger partial charge in [0.05, 0.1) is 15.6 Å². The molecule has 21 heavy (non-hydrogen) atoms. The van der Waals surface area contributed by atoms with Crippen molar-refractivity contribution in [2.24, 2.45) is 0 Å². The molecule has 0 aliphatic rings. The van der Waals surface area contributed by atoms with E-state index in [-0.39, 0.29) is 15.6 Å². The molecule has 0 spiro atoms. The lowest BCUT2D eigenvalue weighted by Crippen LogP contribution is -2.13. The fraction of sp³-hybridized carbons (Fsp3) is 0.143. The zero-order chi connectivity index (χ0) is 15.8. The first-order chi connectivity index (χ1) is 9.70. The van der Waals surface area contributed by atoms with E-state index in [2.05, 4.69) is 4.72 Å². The topological polar surface area (TPSA) is 72.2 Å². The second kappa shape index (κ2) is 5.75. The Kier molecular flexibility index (Phi) is 4.37. The molecule has 0 saturated carbocycles. The molecule has 0 aliphatic carbocycles. The summed E-state index contributed by atoms with van der Waals surface area (Å²) < 4.78 is 27.2. The van der Waals surface area contributed by atoms with Crippen molar-refractivity contribution in [1.82, 2.24) is 0 Å². The van der Waals surface area contributed by atoms with Gasteiger partial charge in [-0.3, -0.25) is 4.72 Å². The number of anilines is 2. The molecule has 0 heterocycles. The van der Waals surface area contributed by atoms with E-state index >= 15 is 0 Å². The number of rotatable bonds is 3. The summed E-state index contributed by atoms with van der Waals surface area (Å²) in [7, 11) is -3.75. The van der Waals surface area contributed by atoms with Crippen LogP contribution in [-0.2, 0) is 10.0 Å². The van der Waals surface area contributed by atoms with Crippen molar-refractivity contribution >= 4 is 44.6 Å². The van der Waals surface area contributed by atoms with Gasteiger partial charge >= 0.3 is 0 Å². The van der Waals surface area contributed by atoms with Gasteiger partial charge in [0.25, 0.3) is 10.0 Å². The number of nitrogens with one attached hydrogen (secondary N) is 1. The summed E-state index contributed by atoms with van der Waals surface area (Å²) >= 11 is 12.0. The zero-order valence-electron chi connectivity index (χ0n) is 11.4. The molecule has 2 rings (SSSR count). The highest BCUT2D eigenvalue weighted by Gasteiger charge is 2.17. The van der Waals surface area contributed by atoms with Crippen LogP contribution in [0.25, 0.3) is 0 Å². The van der Waals surface area contributed by atoms with Crippen LogP contribution in [0, 0.1) is 13.8 Å². The SMILES string of the molecule is Cc1cc(S(=O)(=O)Nc2cc(Cl)c(C)cc2Cl)ccc1N. The maximum atomic E-state index is 12.4. The Morgan fingerprint density at radius 2 is 1.67 bits per heavy atom. The average molecular weight is 345 g/mol. The van der Waals surface area contributed by atoms with Gasteiger partial charge in [0, 0.05) is 10.7 Å². The van der Waals surface area contributed by atoms with E-state index < -0.39 is 10.0 Å². The van der Waals surface area contributed by atoms with Gasteiger partial charge in [-0.2, -0.15) is 0 Å². The Labute approximate surface area is 133 Å². The molecular weight excluding hydrogens is 331 g/mol. The van der Waals surface area contributed by atoms with Gasteiger partial charge in [-0.15, -0.1) is 0 Å². The Morgan fingerprint density at radius 1 is 1.00 bits per heavy atom. The number of nitrogens with two attached hydrogens (primary N) is 1. The second-order valence-electron chi connectivity index (χ2n) is 4.71. The van der Waals surface area contributed by atoms with Crippen molar-refractivity contribution in [1.29, 1.82) is 0 Å². The summed E-state index contributed by atoms with van der Waals surface area (Å²) in [6.07, 6.45) is 0. The summed E-state index contributed by atoms with van der Waals surface area (Å²) in [5.74, 6) is 0. The minimum atomic E-state index is -3.75. The van der Waals surface area contributed by atoms with Gasteiger partial charge in [0.2, 0.25) is 0 Å². The molecule has 2 aromatic carbocycles. The Balaban J connectivity index is 2.42. The molecule has 3 N–H and O–H groups in total. The molecule has 0 saturated heterocycles. The molecule has 112 valence electrons. The summed E-state index contributed by atoms with van der Waals surface area (Å²) in [6, 6.07) is 7.58. The summed E-state index contributed by atoms with van der Waals surface area (Å²) in [6.45, 7) is 3.53. The standard InChI is InChI=1S/C14H14Cl2N2O2S/c1-8-6-12(16)14(7-11(8)15)18-21(19,20)10-3-4-13(17)9(2)5-10/h3-7,18H,17H2,1-2H3. The number of benzene rings is 2. The Hall–Kier alpha value is -1.43. The van der Waals surface area contributed by atoms with Crippen molar-refractivity contribution in [3.05, 3.63) is 51.5 Å². The summed E-state index contributed by atoms with van der Waals surface area (Å²) in [4.78, 5) is 0.113. The molecular formula is C14H14Cl2N2O2S. The van der Waals surface area contributed by atoms with Gasteiger partial charge in [0.15, 0.2) is 0 Å². The monoisotopic (exact) mass is 344 g/mol. The van der Waals surface area contributed by atoms with Gasteiger partial charge < -0.3 is 5.73 Å². The van der Waals surface area contributed by atoms with Gasteiger partial charge in [-0.25, -0.2) is 8.42 Å². The summed E-state index contributed by atoms with van der Waals surface area (Å²) in [5, 5.41) is 0.721. The number of halogens is 2. The number of nitrogen functional groups attached to an aromatic ring is 1. The minimum absolute atomic E-state index is 0.113. The van der Waals surface area contributed by atoms with Gasteiger partial charge in [0.1, 0.15) is 0 Å². The second-order valence-corrected chi connectivity index (χ2v) is 7.20. The smallest absolute Gasteiger partial charge is 0.261 e. The van der Waals surface area contributed by atoms with Crippen LogP contribution in [0.3, 0.4) is 0 Å². The number of sulfonamides is 1. The largest absolute Gasteiger partial charge is 0.399 e. The number of aryl methyl sites for hydroxylation is 2. The number of hydrogen-bond acceptors (Lipinski definition) is 3. The van der Waals surface area contributed by atoms with Crippen LogP contribution < -0.4 is 10.5 Å². The first-order valence-corrected chi connectivity index (χ1v) is 8.29. The third-order valence-electron chi connectivity index (χ3n) is 3.04. The maximum absolute atomic E-state index is 12.4. The van der Waals surface area contributed by atoms with Crippen molar-refractivity contribution in [2.75, 3.05) is 10.5 Å². The lowest BCUT2D eigenvalue weighted by molar-refractivity contribution is 0.601. The minimum Gasteiger partial charge on any atom is -0.399 e. The van der Waals surface area contributed by atoms with Gasteiger partial charge in [-0.05, 0) is 55.3 Å². The van der Waals surface area contributed by atoms with Crippen molar-refractivity contribution in [3.8, 4) is 0 Å². The predicted molar refractivity (Wildman–Crippen MR) is 87.6 cm³/mol. The van der Waals surface area contributed by atoms with Crippen LogP contribution in [0.1, 0.15) is 11.1 Å². The molecule has 0 unspecified atom stereocenters. The zero-order valence-corrected chi connectivity index (χ0v) is 13.8. The maximum Gasteiger partial charge on any atom is 0.261 e. The lowest BCUT2D eigenvalue weighted by Gasteiger charge is -2.12. The lowest BCUT2D eigenvalue weighted by atomic mass is 10.2. The molecule has 0 radical (unpaired) electrons. The predicted octanol–water partition coefficient (Wildman–Crippen LogP) is 3.99. The first-order valence-electron chi connectivity index (χ1n) is 6.05. The van der Waals surface area contributed by atoms with Crippen LogP contribution in [-0.4, -0.2) is 8.42 Å². The van der Waals surface area contributed by atoms with E-state index in [4.69, 9.17) is 28.9 Å². The third kappa shape index (κ3) is 3.43. The van der Waals surface area contributed by atoms with Crippen LogP contribution in [0.2, 0.25) is 10.0 Å². The fourth-order valence-corrected chi connectivity index (χ4v) is 3.38. The van der Waals surface area contributed by atoms with Crippen molar-refractivity contribution in [2.45, 2.75) is 18.7 Å². The van der Waals surface area contributed by atoms with Crippen LogP contribution in [0.15, 0.2) is 35.2 Å². The first kappa shape index (κ1) is 15.9.